The van der Waals surface area contributed by atoms with Crippen molar-refractivity contribution in [1.82, 2.24) is 10.2 Å². The van der Waals surface area contributed by atoms with Crippen LogP contribution >= 0.6 is 11.6 Å². The molecule has 30 heavy (non-hydrogen) atoms. The molecule has 4 N–H and O–H groups in total. The normalized spacial score (nSPS) is 17.0. The SMILES string of the molecule is COc1ccc2c(c1)C(=O)NC1(CCN(C(=O)c3cc(Cl)c(N)c(C=N)c3)CC1)O2. The van der Waals surface area contributed by atoms with Crippen molar-refractivity contribution in [2.24, 2.45) is 0 Å². The lowest BCUT2D eigenvalue weighted by molar-refractivity contribution is -0.0246. The smallest absolute Gasteiger partial charge is 0.258 e. The average molecular weight is 429 g/mol. The van der Waals surface area contributed by atoms with Gasteiger partial charge in [-0.1, -0.05) is 11.6 Å². The van der Waals surface area contributed by atoms with Gasteiger partial charge >= 0.3 is 0 Å². The van der Waals surface area contributed by atoms with E-state index in [0.29, 0.717) is 54.1 Å². The molecular formula is C21H21ClN4O4. The standard InChI is InChI=1S/C21H21ClN4O4/c1-29-14-2-3-17-15(10-14)19(27)25-21(30-17)4-6-26(7-5-21)20(28)12-8-13(11-23)18(24)16(22)9-12/h2-3,8-11,23H,4-7,24H2,1H3,(H,25,27). The van der Waals surface area contributed by atoms with Crippen LogP contribution in [-0.4, -0.2) is 48.9 Å². The van der Waals surface area contributed by atoms with Gasteiger partial charge in [-0.15, -0.1) is 0 Å². The maximum absolute atomic E-state index is 12.9. The van der Waals surface area contributed by atoms with Crippen LogP contribution in [0.4, 0.5) is 5.69 Å². The third-order valence-corrected chi connectivity index (χ3v) is 5.81. The second-order valence-electron chi connectivity index (χ2n) is 7.31. The minimum absolute atomic E-state index is 0.206. The summed E-state index contributed by atoms with van der Waals surface area (Å²) in [5.41, 5.74) is 6.44. The highest BCUT2D eigenvalue weighted by Crippen LogP contribution is 2.35. The predicted octanol–water partition coefficient (Wildman–Crippen LogP) is 2.68. The van der Waals surface area contributed by atoms with E-state index in [1.807, 2.05) is 0 Å². The minimum Gasteiger partial charge on any atom is -0.497 e. The molecule has 2 aromatic rings. The molecule has 1 fully saturated rings. The summed E-state index contributed by atoms with van der Waals surface area (Å²) in [5.74, 6) is 0.647. The van der Waals surface area contributed by atoms with Gasteiger partial charge in [0.05, 0.1) is 23.4 Å². The monoisotopic (exact) mass is 428 g/mol. The number of nitrogens with one attached hydrogen (secondary N) is 2. The molecular weight excluding hydrogens is 408 g/mol. The third kappa shape index (κ3) is 3.43. The molecule has 156 valence electrons. The molecule has 1 spiro atoms. The van der Waals surface area contributed by atoms with E-state index < -0.39 is 5.72 Å². The summed E-state index contributed by atoms with van der Waals surface area (Å²) in [6, 6.07) is 8.18. The molecule has 2 aromatic carbocycles. The number of piperidine rings is 1. The van der Waals surface area contributed by atoms with Crippen molar-refractivity contribution in [3.63, 3.8) is 0 Å². The van der Waals surface area contributed by atoms with Crippen LogP contribution in [0, 0.1) is 5.41 Å². The van der Waals surface area contributed by atoms with Crippen LogP contribution in [0.5, 0.6) is 11.5 Å². The number of nitrogens with zero attached hydrogens (tertiary/aromatic N) is 1. The van der Waals surface area contributed by atoms with Gasteiger partial charge in [-0.2, -0.15) is 0 Å². The zero-order chi connectivity index (χ0) is 21.5. The molecule has 2 aliphatic heterocycles. The van der Waals surface area contributed by atoms with Gasteiger partial charge in [-0.3, -0.25) is 9.59 Å². The Kier molecular flexibility index (Phi) is 5.03. The Hall–Kier alpha value is -3.26. The van der Waals surface area contributed by atoms with Gasteiger partial charge in [0.1, 0.15) is 11.5 Å². The van der Waals surface area contributed by atoms with E-state index in [1.165, 1.54) is 13.2 Å². The number of hydrogen-bond acceptors (Lipinski definition) is 6. The highest BCUT2D eigenvalue weighted by Gasteiger charge is 2.43. The van der Waals surface area contributed by atoms with Crippen LogP contribution in [0.25, 0.3) is 0 Å². The first-order chi connectivity index (χ1) is 14.4. The number of anilines is 1. The fourth-order valence-electron chi connectivity index (χ4n) is 3.78. The lowest BCUT2D eigenvalue weighted by Gasteiger charge is -2.44. The quantitative estimate of drug-likeness (QED) is 0.513. The molecule has 0 aromatic heterocycles. The van der Waals surface area contributed by atoms with E-state index in [1.54, 1.807) is 29.2 Å². The third-order valence-electron chi connectivity index (χ3n) is 5.50. The predicted molar refractivity (Wildman–Crippen MR) is 113 cm³/mol. The van der Waals surface area contributed by atoms with Crippen LogP contribution in [0.2, 0.25) is 5.02 Å². The van der Waals surface area contributed by atoms with Crippen LogP contribution in [-0.2, 0) is 0 Å². The summed E-state index contributed by atoms with van der Waals surface area (Å²) in [6.07, 6.45) is 1.95. The number of rotatable bonds is 3. The lowest BCUT2D eigenvalue weighted by Crippen LogP contribution is -2.61. The van der Waals surface area contributed by atoms with Gasteiger partial charge in [0.15, 0.2) is 5.72 Å². The van der Waals surface area contributed by atoms with Gasteiger partial charge in [0.25, 0.3) is 11.8 Å². The van der Waals surface area contributed by atoms with Gasteiger partial charge in [-0.05, 0) is 30.3 Å². The molecule has 1 saturated heterocycles. The van der Waals surface area contributed by atoms with Crippen molar-refractivity contribution >= 4 is 35.3 Å². The number of benzene rings is 2. The van der Waals surface area contributed by atoms with E-state index in [4.69, 9.17) is 32.2 Å². The van der Waals surface area contributed by atoms with Crippen molar-refractivity contribution in [2.45, 2.75) is 18.6 Å². The molecule has 9 heteroatoms. The Morgan fingerprint density at radius 2 is 2.07 bits per heavy atom. The Morgan fingerprint density at radius 3 is 2.73 bits per heavy atom. The van der Waals surface area contributed by atoms with Crippen LogP contribution < -0.4 is 20.5 Å². The number of ether oxygens (including phenoxy) is 2. The zero-order valence-corrected chi connectivity index (χ0v) is 17.1. The molecule has 0 radical (unpaired) electrons. The van der Waals surface area contributed by atoms with Gasteiger partial charge in [0, 0.05) is 43.3 Å². The molecule has 0 unspecified atom stereocenters. The van der Waals surface area contributed by atoms with Gasteiger partial charge in [-0.25, -0.2) is 0 Å². The highest BCUT2D eigenvalue weighted by atomic mass is 35.5. The molecule has 0 aliphatic carbocycles. The topological polar surface area (TPSA) is 118 Å². The summed E-state index contributed by atoms with van der Waals surface area (Å²) >= 11 is 6.11. The number of carbonyl (C=O) groups excluding carboxylic acids is 2. The Labute approximate surface area is 178 Å². The number of carbonyl (C=O) groups is 2. The summed E-state index contributed by atoms with van der Waals surface area (Å²) in [4.78, 5) is 27.3. The molecule has 2 aliphatic rings. The molecule has 2 amide bonds. The van der Waals surface area contributed by atoms with Crippen molar-refractivity contribution in [2.75, 3.05) is 25.9 Å². The maximum atomic E-state index is 12.9. The second-order valence-corrected chi connectivity index (χ2v) is 7.72. The molecule has 0 saturated carbocycles. The summed E-state index contributed by atoms with van der Waals surface area (Å²) < 4.78 is 11.3. The zero-order valence-electron chi connectivity index (χ0n) is 16.3. The molecule has 4 rings (SSSR count). The first-order valence-corrected chi connectivity index (χ1v) is 9.82. The van der Waals surface area contributed by atoms with Crippen LogP contribution in [0.3, 0.4) is 0 Å². The number of amides is 2. The number of fused-ring (bicyclic) bond motifs is 1. The molecule has 8 nitrogen and oxygen atoms in total. The largest absolute Gasteiger partial charge is 0.497 e. The molecule has 0 atom stereocenters. The fourth-order valence-corrected chi connectivity index (χ4v) is 4.00. The average Bonchev–Trinajstić information content (AvgIpc) is 2.75. The first-order valence-electron chi connectivity index (χ1n) is 9.44. The van der Waals surface area contributed by atoms with Gasteiger partial charge < -0.3 is 30.8 Å². The Balaban J connectivity index is 1.50. The van der Waals surface area contributed by atoms with Crippen molar-refractivity contribution in [3.05, 3.63) is 52.0 Å². The van der Waals surface area contributed by atoms with Crippen LogP contribution in [0.1, 0.15) is 39.1 Å². The number of nitrogens with two attached hydrogens (primary N) is 1. The summed E-state index contributed by atoms with van der Waals surface area (Å²) in [6.45, 7) is 0.791. The summed E-state index contributed by atoms with van der Waals surface area (Å²) in [5, 5.41) is 10.6. The van der Waals surface area contributed by atoms with Gasteiger partial charge in [0.2, 0.25) is 0 Å². The number of methoxy groups -OCH3 is 1. The highest BCUT2D eigenvalue weighted by molar-refractivity contribution is 6.34. The molecule has 0 bridgehead atoms. The summed E-state index contributed by atoms with van der Waals surface area (Å²) in [7, 11) is 1.54. The second kappa shape index (κ2) is 7.53. The lowest BCUT2D eigenvalue weighted by atomic mass is 9.96. The molecule has 2 heterocycles. The van der Waals surface area contributed by atoms with Crippen molar-refractivity contribution < 1.29 is 19.1 Å². The Morgan fingerprint density at radius 1 is 1.33 bits per heavy atom. The number of nitrogen functional groups attached to an aromatic ring is 1. The van der Waals surface area contributed by atoms with E-state index in [9.17, 15) is 9.59 Å². The van der Waals surface area contributed by atoms with E-state index in [0.717, 1.165) is 6.21 Å². The number of likely N-dealkylation sites (tertiary alicyclic amines) is 1. The first kappa shape index (κ1) is 20.0. The van der Waals surface area contributed by atoms with Crippen molar-refractivity contribution in [1.29, 1.82) is 5.41 Å². The van der Waals surface area contributed by atoms with E-state index in [2.05, 4.69) is 5.32 Å². The minimum atomic E-state index is -0.853. The number of halogens is 1. The van der Waals surface area contributed by atoms with E-state index in [-0.39, 0.29) is 22.5 Å². The van der Waals surface area contributed by atoms with E-state index >= 15 is 0 Å². The Bertz CT molecular complexity index is 1050. The van der Waals surface area contributed by atoms with Crippen LogP contribution in [0.15, 0.2) is 30.3 Å². The van der Waals surface area contributed by atoms with Crippen molar-refractivity contribution in [3.8, 4) is 11.5 Å². The fraction of sp³-hybridized carbons (Fsp3) is 0.286. The number of hydrogen-bond donors (Lipinski definition) is 3. The maximum Gasteiger partial charge on any atom is 0.258 e.